The second-order valence-electron chi connectivity index (χ2n) is 12.5. The summed E-state index contributed by atoms with van der Waals surface area (Å²) in [6, 6.07) is 0. The normalized spacial score (nSPS) is 45.1. The summed E-state index contributed by atoms with van der Waals surface area (Å²) in [4.78, 5) is 12.2. The summed E-state index contributed by atoms with van der Waals surface area (Å²) in [5.41, 5.74) is 0.105. The van der Waals surface area contributed by atoms with Crippen molar-refractivity contribution in [3.8, 4) is 0 Å². The molecule has 34 heavy (non-hydrogen) atoms. The molecule has 0 bridgehead atoms. The van der Waals surface area contributed by atoms with Gasteiger partial charge in [-0.25, -0.2) is 0 Å². The number of nitrogens with one attached hydrogen (secondary N) is 1. The Kier molecular flexibility index (Phi) is 7.47. The molecule has 4 fully saturated rings. The lowest BCUT2D eigenvalue weighted by atomic mass is 9.43. The minimum absolute atomic E-state index is 0.0756. The summed E-state index contributed by atoms with van der Waals surface area (Å²) < 4.78 is 30.5. The average molecular weight is 500 g/mol. The Bertz CT molecular complexity index is 863. The maximum absolute atomic E-state index is 12.2. The standard InChI is InChI=1S/C26H45NO6S/c1-16(4-9-24(30)27-12-13-34(31,32)33)20-7-8-21-19-6-5-17-14-18(28)10-11-25(17,2)22(19)15-23(29)26(20,21)3/h16-23,28-29H,4-15H2,1-3H3,(H,27,30)(H,31,32,33)/t16-,17-,18+,19+,20+,21+,22+,23-,25+,26+/m1/s1. The number of rotatable bonds is 7. The van der Waals surface area contributed by atoms with Crippen LogP contribution in [0, 0.1) is 46.3 Å². The second kappa shape index (κ2) is 9.64. The summed E-state index contributed by atoms with van der Waals surface area (Å²) in [5.74, 6) is 2.28. The van der Waals surface area contributed by atoms with Gasteiger partial charge in [-0.15, -0.1) is 0 Å². The highest BCUT2D eigenvalue weighted by Crippen LogP contribution is 2.68. The van der Waals surface area contributed by atoms with Gasteiger partial charge in [0.05, 0.1) is 18.0 Å². The van der Waals surface area contributed by atoms with Crippen molar-refractivity contribution in [1.29, 1.82) is 0 Å². The summed E-state index contributed by atoms with van der Waals surface area (Å²) in [6.07, 6.45) is 8.93. The Hall–Kier alpha value is -0.700. The first-order valence-corrected chi connectivity index (χ1v) is 15.0. The first kappa shape index (κ1) is 26.4. The molecule has 4 aliphatic carbocycles. The second-order valence-corrected chi connectivity index (χ2v) is 14.1. The number of aliphatic hydroxyl groups excluding tert-OH is 2. The molecule has 4 rings (SSSR count). The fraction of sp³-hybridized carbons (Fsp3) is 0.962. The third-order valence-corrected chi connectivity index (χ3v) is 11.7. The highest BCUT2D eigenvalue weighted by atomic mass is 32.2. The molecular weight excluding hydrogens is 454 g/mol. The minimum atomic E-state index is -4.07. The van der Waals surface area contributed by atoms with Crippen LogP contribution in [0.25, 0.3) is 0 Å². The van der Waals surface area contributed by atoms with Crippen LogP contribution in [-0.4, -0.2) is 53.6 Å². The van der Waals surface area contributed by atoms with Gasteiger partial charge in [0.15, 0.2) is 0 Å². The SMILES string of the molecule is C[C@H](CCC(=O)NCCS(=O)(=O)O)[C@@H]1CC[C@H]2[C@@H]3CC[C@@H]4C[C@@H](O)CC[C@]4(C)[C@H]3C[C@@H](O)[C@]21C. The van der Waals surface area contributed by atoms with E-state index in [-0.39, 0.29) is 35.5 Å². The van der Waals surface area contributed by atoms with Crippen LogP contribution >= 0.6 is 0 Å². The lowest BCUT2D eigenvalue weighted by molar-refractivity contribution is -0.174. The van der Waals surface area contributed by atoms with Crippen LogP contribution in [0.1, 0.15) is 85.0 Å². The maximum Gasteiger partial charge on any atom is 0.266 e. The van der Waals surface area contributed by atoms with E-state index in [1.165, 1.54) is 12.8 Å². The first-order chi connectivity index (χ1) is 15.9. The molecule has 1 amide bonds. The Morgan fingerprint density at radius 1 is 1.06 bits per heavy atom. The predicted molar refractivity (Wildman–Crippen MR) is 130 cm³/mol. The van der Waals surface area contributed by atoms with Crippen molar-refractivity contribution >= 4 is 16.0 Å². The van der Waals surface area contributed by atoms with Crippen molar-refractivity contribution in [2.24, 2.45) is 46.3 Å². The third kappa shape index (κ3) is 4.81. The molecule has 8 heteroatoms. The van der Waals surface area contributed by atoms with Crippen molar-refractivity contribution in [1.82, 2.24) is 5.32 Å². The lowest BCUT2D eigenvalue weighted by Crippen LogP contribution is -2.58. The molecular formula is C26H45NO6S. The fourth-order valence-corrected chi connectivity index (χ4v) is 9.49. The van der Waals surface area contributed by atoms with Gasteiger partial charge in [0.2, 0.25) is 5.91 Å². The Morgan fingerprint density at radius 2 is 1.79 bits per heavy atom. The first-order valence-electron chi connectivity index (χ1n) is 13.4. The predicted octanol–water partition coefficient (Wildman–Crippen LogP) is 3.40. The Labute approximate surface area is 205 Å². The van der Waals surface area contributed by atoms with E-state index in [0.717, 1.165) is 38.5 Å². The zero-order valence-corrected chi connectivity index (χ0v) is 21.9. The summed E-state index contributed by atoms with van der Waals surface area (Å²) in [6.45, 7) is 6.86. The molecule has 0 heterocycles. The van der Waals surface area contributed by atoms with Crippen LogP contribution in [0.5, 0.6) is 0 Å². The average Bonchev–Trinajstić information content (AvgIpc) is 3.11. The van der Waals surface area contributed by atoms with Gasteiger partial charge < -0.3 is 15.5 Å². The van der Waals surface area contributed by atoms with E-state index >= 15 is 0 Å². The molecule has 0 aromatic heterocycles. The van der Waals surface area contributed by atoms with Gasteiger partial charge >= 0.3 is 0 Å². The molecule has 7 nitrogen and oxygen atoms in total. The molecule has 0 saturated heterocycles. The van der Waals surface area contributed by atoms with Crippen molar-refractivity contribution in [3.05, 3.63) is 0 Å². The van der Waals surface area contributed by atoms with Gasteiger partial charge in [-0.3, -0.25) is 9.35 Å². The number of aliphatic hydroxyl groups is 2. The molecule has 10 atom stereocenters. The Balaban J connectivity index is 1.40. The molecule has 0 aliphatic heterocycles. The quantitative estimate of drug-likeness (QED) is 0.398. The summed E-state index contributed by atoms with van der Waals surface area (Å²) in [5, 5.41) is 24.5. The smallest absolute Gasteiger partial charge is 0.266 e. The number of carbonyl (C=O) groups is 1. The van der Waals surface area contributed by atoms with Crippen LogP contribution in [0.4, 0.5) is 0 Å². The monoisotopic (exact) mass is 499 g/mol. The van der Waals surface area contributed by atoms with Gasteiger partial charge in [-0.2, -0.15) is 8.42 Å². The molecule has 4 saturated carbocycles. The number of amides is 1. The molecule has 196 valence electrons. The van der Waals surface area contributed by atoms with Crippen LogP contribution in [-0.2, 0) is 14.9 Å². The number of carbonyl (C=O) groups excluding carboxylic acids is 1. The molecule has 0 aromatic rings. The largest absolute Gasteiger partial charge is 0.393 e. The zero-order chi connectivity index (χ0) is 24.9. The van der Waals surface area contributed by atoms with Gasteiger partial charge in [0.25, 0.3) is 10.1 Å². The van der Waals surface area contributed by atoms with Crippen molar-refractivity contribution in [2.45, 2.75) is 97.2 Å². The number of hydrogen-bond acceptors (Lipinski definition) is 5. The van der Waals surface area contributed by atoms with E-state index in [1.54, 1.807) is 0 Å². The van der Waals surface area contributed by atoms with Crippen LogP contribution < -0.4 is 5.32 Å². The molecule has 4 aliphatic rings. The fourth-order valence-electron chi connectivity index (χ4n) is 9.13. The van der Waals surface area contributed by atoms with Crippen molar-refractivity contribution in [3.63, 3.8) is 0 Å². The van der Waals surface area contributed by atoms with Gasteiger partial charge in [-0.05, 0) is 104 Å². The number of hydrogen-bond donors (Lipinski definition) is 4. The van der Waals surface area contributed by atoms with Gasteiger partial charge in [-0.1, -0.05) is 20.8 Å². The molecule has 0 aromatic carbocycles. The highest BCUT2D eigenvalue weighted by molar-refractivity contribution is 7.85. The lowest BCUT2D eigenvalue weighted by Gasteiger charge is -2.62. The van der Waals surface area contributed by atoms with E-state index in [1.807, 2.05) is 0 Å². The Morgan fingerprint density at radius 3 is 2.50 bits per heavy atom. The minimum Gasteiger partial charge on any atom is -0.393 e. The number of fused-ring (bicyclic) bond motifs is 5. The molecule has 0 radical (unpaired) electrons. The highest BCUT2D eigenvalue weighted by Gasteiger charge is 2.63. The van der Waals surface area contributed by atoms with Crippen LogP contribution in [0.15, 0.2) is 0 Å². The van der Waals surface area contributed by atoms with Crippen LogP contribution in [0.2, 0.25) is 0 Å². The third-order valence-electron chi connectivity index (χ3n) is 11.0. The van der Waals surface area contributed by atoms with E-state index < -0.39 is 15.9 Å². The molecule has 0 unspecified atom stereocenters. The molecule has 4 N–H and O–H groups in total. The van der Waals surface area contributed by atoms with E-state index in [9.17, 15) is 23.4 Å². The van der Waals surface area contributed by atoms with Crippen LogP contribution in [0.3, 0.4) is 0 Å². The summed E-state index contributed by atoms with van der Waals surface area (Å²) >= 11 is 0. The van der Waals surface area contributed by atoms with E-state index in [2.05, 4.69) is 26.1 Å². The van der Waals surface area contributed by atoms with E-state index in [0.29, 0.717) is 48.3 Å². The summed E-state index contributed by atoms with van der Waals surface area (Å²) in [7, 11) is -4.07. The van der Waals surface area contributed by atoms with Crippen molar-refractivity contribution in [2.75, 3.05) is 12.3 Å². The van der Waals surface area contributed by atoms with Crippen molar-refractivity contribution < 1.29 is 28.0 Å². The zero-order valence-electron chi connectivity index (χ0n) is 21.1. The van der Waals surface area contributed by atoms with E-state index in [4.69, 9.17) is 4.55 Å². The van der Waals surface area contributed by atoms with Gasteiger partial charge in [0.1, 0.15) is 0 Å². The molecule has 0 spiro atoms. The topological polar surface area (TPSA) is 124 Å². The van der Waals surface area contributed by atoms with Gasteiger partial charge in [0, 0.05) is 13.0 Å². The maximum atomic E-state index is 12.2.